The molecule has 2 aromatic carbocycles. The summed E-state index contributed by atoms with van der Waals surface area (Å²) in [6.45, 7) is 1.26. The fraction of sp³-hybridized carbons (Fsp3) is 0.417. The van der Waals surface area contributed by atoms with E-state index < -0.39 is 6.03 Å². The number of para-hydroxylation sites is 1. The molecule has 2 aromatic rings. The van der Waals surface area contributed by atoms with Crippen LogP contribution in [-0.2, 0) is 17.9 Å². The highest BCUT2D eigenvalue weighted by Crippen LogP contribution is 2.24. The molecule has 6 heteroatoms. The molecule has 0 radical (unpaired) electrons. The van der Waals surface area contributed by atoms with Crippen molar-refractivity contribution in [2.24, 2.45) is 0 Å². The van der Waals surface area contributed by atoms with Gasteiger partial charge < -0.3 is 10.6 Å². The first-order valence-corrected chi connectivity index (χ1v) is 10.8. The zero-order valence-corrected chi connectivity index (χ0v) is 17.7. The summed E-state index contributed by atoms with van der Waals surface area (Å²) in [5, 5.41) is 8.25. The second-order valence-electron chi connectivity index (χ2n) is 7.93. The molecule has 1 aliphatic rings. The van der Waals surface area contributed by atoms with Crippen LogP contribution in [0.4, 0.5) is 10.5 Å². The van der Waals surface area contributed by atoms with Crippen molar-refractivity contribution < 1.29 is 9.59 Å². The molecule has 0 spiro atoms. The fourth-order valence-corrected chi connectivity index (χ4v) is 3.92. The molecular formula is C24H32N4O2. The Kier molecular flexibility index (Phi) is 8.27. The van der Waals surface area contributed by atoms with Crippen LogP contribution in [0.3, 0.4) is 0 Å². The summed E-state index contributed by atoms with van der Waals surface area (Å²) >= 11 is 0. The van der Waals surface area contributed by atoms with Gasteiger partial charge in [0.15, 0.2) is 0 Å². The number of carbonyl (C=O) groups is 2. The molecule has 0 heterocycles. The summed E-state index contributed by atoms with van der Waals surface area (Å²) < 4.78 is 0. The number of anilines is 1. The van der Waals surface area contributed by atoms with E-state index in [0.717, 1.165) is 23.4 Å². The topological polar surface area (TPSA) is 73.5 Å². The monoisotopic (exact) mass is 408 g/mol. The molecule has 160 valence electrons. The van der Waals surface area contributed by atoms with Gasteiger partial charge in [0.05, 0.1) is 6.54 Å². The van der Waals surface area contributed by atoms with Gasteiger partial charge in [-0.2, -0.15) is 0 Å². The summed E-state index contributed by atoms with van der Waals surface area (Å²) in [6, 6.07) is 17.8. The molecule has 6 nitrogen and oxygen atoms in total. The number of nitrogens with zero attached hydrogens (tertiary/aromatic N) is 1. The SMILES string of the molecule is CN(Cc1ccccc1NCC(=O)NC(=O)NCc1ccccc1)C1CCCCC1. The Hall–Kier alpha value is -2.86. The normalized spacial score (nSPS) is 14.3. The maximum Gasteiger partial charge on any atom is 0.321 e. The highest BCUT2D eigenvalue weighted by molar-refractivity contribution is 5.96. The largest absolute Gasteiger partial charge is 0.376 e. The van der Waals surface area contributed by atoms with E-state index in [9.17, 15) is 9.59 Å². The van der Waals surface area contributed by atoms with Gasteiger partial charge >= 0.3 is 6.03 Å². The second-order valence-corrected chi connectivity index (χ2v) is 7.93. The van der Waals surface area contributed by atoms with Gasteiger partial charge in [-0.05, 0) is 37.1 Å². The Balaban J connectivity index is 1.45. The third-order valence-electron chi connectivity index (χ3n) is 5.62. The van der Waals surface area contributed by atoms with E-state index in [0.29, 0.717) is 12.6 Å². The van der Waals surface area contributed by atoms with Crippen molar-refractivity contribution in [3.63, 3.8) is 0 Å². The van der Waals surface area contributed by atoms with Crippen LogP contribution in [0.1, 0.15) is 43.2 Å². The molecule has 0 unspecified atom stereocenters. The van der Waals surface area contributed by atoms with E-state index in [1.807, 2.05) is 48.5 Å². The predicted octanol–water partition coefficient (Wildman–Crippen LogP) is 3.89. The molecule has 0 aromatic heterocycles. The van der Waals surface area contributed by atoms with Crippen LogP contribution in [0.2, 0.25) is 0 Å². The van der Waals surface area contributed by atoms with Crippen LogP contribution in [0.25, 0.3) is 0 Å². The van der Waals surface area contributed by atoms with Gasteiger partial charge in [0, 0.05) is 24.8 Å². The summed E-state index contributed by atoms with van der Waals surface area (Å²) in [4.78, 5) is 26.5. The third-order valence-corrected chi connectivity index (χ3v) is 5.62. The number of imide groups is 1. The predicted molar refractivity (Wildman–Crippen MR) is 120 cm³/mol. The van der Waals surface area contributed by atoms with E-state index in [4.69, 9.17) is 0 Å². The molecule has 1 aliphatic carbocycles. The van der Waals surface area contributed by atoms with Gasteiger partial charge in [0.1, 0.15) is 0 Å². The van der Waals surface area contributed by atoms with Crippen molar-refractivity contribution in [2.75, 3.05) is 18.9 Å². The first-order valence-electron chi connectivity index (χ1n) is 10.8. The minimum Gasteiger partial charge on any atom is -0.376 e. The number of urea groups is 1. The minimum absolute atomic E-state index is 0.0446. The average molecular weight is 409 g/mol. The zero-order valence-electron chi connectivity index (χ0n) is 17.7. The van der Waals surface area contributed by atoms with Crippen molar-refractivity contribution >= 4 is 17.6 Å². The quantitative estimate of drug-likeness (QED) is 0.620. The van der Waals surface area contributed by atoms with Gasteiger partial charge in [-0.15, -0.1) is 0 Å². The lowest BCUT2D eigenvalue weighted by Gasteiger charge is -2.31. The molecule has 3 rings (SSSR count). The maximum absolute atomic E-state index is 12.2. The molecule has 0 atom stereocenters. The van der Waals surface area contributed by atoms with Crippen LogP contribution in [-0.4, -0.2) is 36.5 Å². The Bertz CT molecular complexity index is 819. The maximum atomic E-state index is 12.2. The van der Waals surface area contributed by atoms with E-state index in [1.54, 1.807) is 0 Å². The molecule has 1 saturated carbocycles. The number of carbonyl (C=O) groups excluding carboxylic acids is 2. The van der Waals surface area contributed by atoms with Crippen LogP contribution in [0.5, 0.6) is 0 Å². The lowest BCUT2D eigenvalue weighted by Crippen LogP contribution is -2.41. The minimum atomic E-state index is -0.490. The smallest absolute Gasteiger partial charge is 0.321 e. The molecule has 1 fully saturated rings. The Morgan fingerprint density at radius 2 is 1.67 bits per heavy atom. The number of amides is 3. The standard InChI is InChI=1S/C24H32N4O2/c1-28(21-13-6-3-7-14-21)18-20-12-8-9-15-22(20)25-17-23(29)27-24(30)26-16-19-10-4-2-5-11-19/h2,4-5,8-12,15,21,25H,3,6-7,13-14,16-18H2,1H3,(H2,26,27,29,30). The Morgan fingerprint density at radius 1 is 0.967 bits per heavy atom. The Morgan fingerprint density at radius 3 is 2.43 bits per heavy atom. The van der Waals surface area contributed by atoms with Crippen molar-refractivity contribution in [3.05, 3.63) is 65.7 Å². The summed E-state index contributed by atoms with van der Waals surface area (Å²) in [5.41, 5.74) is 3.07. The number of nitrogens with one attached hydrogen (secondary N) is 3. The van der Waals surface area contributed by atoms with Crippen molar-refractivity contribution in [1.82, 2.24) is 15.5 Å². The number of benzene rings is 2. The molecule has 3 N–H and O–H groups in total. The van der Waals surface area contributed by atoms with E-state index in [-0.39, 0.29) is 12.5 Å². The van der Waals surface area contributed by atoms with E-state index in [2.05, 4.69) is 34.0 Å². The highest BCUT2D eigenvalue weighted by atomic mass is 16.2. The van der Waals surface area contributed by atoms with Crippen molar-refractivity contribution in [3.8, 4) is 0 Å². The van der Waals surface area contributed by atoms with Gasteiger partial charge in [-0.25, -0.2) is 4.79 Å². The number of rotatable bonds is 8. The van der Waals surface area contributed by atoms with Crippen molar-refractivity contribution in [1.29, 1.82) is 0 Å². The van der Waals surface area contributed by atoms with E-state index >= 15 is 0 Å². The molecular weight excluding hydrogens is 376 g/mol. The average Bonchev–Trinajstić information content (AvgIpc) is 2.78. The lowest BCUT2D eigenvalue weighted by molar-refractivity contribution is -0.118. The van der Waals surface area contributed by atoms with Crippen LogP contribution < -0.4 is 16.0 Å². The number of hydrogen-bond acceptors (Lipinski definition) is 4. The summed E-state index contributed by atoms with van der Waals surface area (Å²) in [6.07, 6.45) is 6.47. The van der Waals surface area contributed by atoms with E-state index in [1.165, 1.54) is 32.1 Å². The molecule has 0 saturated heterocycles. The fourth-order valence-electron chi connectivity index (χ4n) is 3.92. The Labute approximate surface area is 179 Å². The molecule has 0 aliphatic heterocycles. The van der Waals surface area contributed by atoms with Gasteiger partial charge in [0.25, 0.3) is 0 Å². The van der Waals surface area contributed by atoms with Crippen molar-refractivity contribution in [2.45, 2.75) is 51.2 Å². The first-order chi connectivity index (χ1) is 14.6. The zero-order chi connectivity index (χ0) is 21.2. The first kappa shape index (κ1) is 21.8. The van der Waals surface area contributed by atoms with Crippen LogP contribution in [0, 0.1) is 0 Å². The van der Waals surface area contributed by atoms with Gasteiger partial charge in [-0.3, -0.25) is 15.0 Å². The third kappa shape index (κ3) is 6.88. The van der Waals surface area contributed by atoms with Crippen LogP contribution >= 0.6 is 0 Å². The molecule has 3 amide bonds. The lowest BCUT2D eigenvalue weighted by atomic mass is 9.94. The van der Waals surface area contributed by atoms with Crippen LogP contribution in [0.15, 0.2) is 54.6 Å². The van der Waals surface area contributed by atoms with Gasteiger partial charge in [-0.1, -0.05) is 67.8 Å². The summed E-state index contributed by atoms with van der Waals surface area (Å²) in [5.74, 6) is -0.365. The molecule has 0 bridgehead atoms. The molecule has 30 heavy (non-hydrogen) atoms. The summed E-state index contributed by atoms with van der Waals surface area (Å²) in [7, 11) is 2.18. The number of hydrogen-bond donors (Lipinski definition) is 3. The second kappa shape index (κ2) is 11.4. The highest BCUT2D eigenvalue weighted by Gasteiger charge is 2.19. The van der Waals surface area contributed by atoms with Gasteiger partial charge in [0.2, 0.25) is 5.91 Å².